The van der Waals surface area contributed by atoms with E-state index in [2.05, 4.69) is 0 Å². The van der Waals surface area contributed by atoms with E-state index in [1.54, 1.807) is 0 Å². The predicted octanol–water partition coefficient (Wildman–Crippen LogP) is 6.22. The second-order valence-corrected chi connectivity index (χ2v) is 9.05. The number of phenolic OH excluding ortho intramolecular Hbond substituents is 3. The van der Waals surface area contributed by atoms with Crippen molar-refractivity contribution in [3.8, 4) is 34.5 Å². The predicted molar refractivity (Wildman–Crippen MR) is 145 cm³/mol. The summed E-state index contributed by atoms with van der Waals surface area (Å²) in [6.07, 6.45) is -1.05. The number of carboxylic acid groups (broad SMARTS) is 1. The number of amides is 1. The van der Waals surface area contributed by atoms with Crippen LogP contribution in [-0.2, 0) is 4.79 Å². The third kappa shape index (κ3) is 6.55. The molecule has 0 aliphatic heterocycles. The van der Waals surface area contributed by atoms with E-state index < -0.39 is 24.4 Å². The minimum Gasteiger partial charge on any atom is -0.508 e. The number of benzene rings is 4. The fraction of sp³-hybridized carbons (Fsp3) is 0.0357. The molecule has 4 N–H and O–H groups in total. The molecule has 40 heavy (non-hydrogen) atoms. The number of halogens is 2. The van der Waals surface area contributed by atoms with Crippen LogP contribution in [0.4, 0.5) is 10.5 Å². The second kappa shape index (κ2) is 11.9. The Balaban J connectivity index is 1.61. The molecule has 1 amide bonds. The van der Waals surface area contributed by atoms with Crippen LogP contribution >= 0.6 is 23.2 Å². The zero-order chi connectivity index (χ0) is 29.0. The number of ether oxygens (including phenoxy) is 2. The molecular weight excluding hydrogens is 565 g/mol. The van der Waals surface area contributed by atoms with Crippen molar-refractivity contribution < 1.29 is 44.3 Å². The van der Waals surface area contributed by atoms with E-state index in [0.717, 1.165) is 4.90 Å². The van der Waals surface area contributed by atoms with Gasteiger partial charge in [0.05, 0.1) is 21.3 Å². The first-order valence-corrected chi connectivity index (χ1v) is 12.1. The fourth-order valence-corrected chi connectivity index (χ4v) is 4.07. The third-order valence-corrected chi connectivity index (χ3v) is 5.97. The van der Waals surface area contributed by atoms with Crippen molar-refractivity contribution in [2.75, 3.05) is 11.4 Å². The summed E-state index contributed by atoms with van der Waals surface area (Å²) in [6.45, 7) is -0.787. The Kier molecular flexibility index (Phi) is 8.32. The number of nitrogens with zero attached hydrogens (tertiary/aromatic N) is 1. The van der Waals surface area contributed by atoms with Gasteiger partial charge in [0, 0.05) is 5.56 Å². The topological polar surface area (TPSA) is 154 Å². The molecule has 0 aliphatic rings. The second-order valence-electron chi connectivity index (χ2n) is 8.24. The zero-order valence-electron chi connectivity index (χ0n) is 20.2. The standard InChI is InChI=1S/C28H19Cl2NO9/c29-22-11-16(31(14-25(35)36)28(38)40-19-7-5-18(33)6-8-19)12-23(30)27(22)39-20-9-10-24(34)21(13-20)26(37)15-1-3-17(32)4-2-15/h1-13,32-34H,14H2,(H,35,36). The number of carbonyl (C=O) groups is 3. The summed E-state index contributed by atoms with van der Waals surface area (Å²) in [5.74, 6) is -2.19. The van der Waals surface area contributed by atoms with Gasteiger partial charge >= 0.3 is 12.1 Å². The number of rotatable bonds is 8. The molecule has 0 aromatic heterocycles. The van der Waals surface area contributed by atoms with Crippen LogP contribution in [0.2, 0.25) is 10.0 Å². The molecule has 0 unspecified atom stereocenters. The minimum atomic E-state index is -1.34. The lowest BCUT2D eigenvalue weighted by atomic mass is 10.0. The molecule has 10 nitrogen and oxygen atoms in total. The molecule has 0 aliphatic carbocycles. The summed E-state index contributed by atoms with van der Waals surface area (Å²) in [6, 6.07) is 17.1. The molecule has 0 atom stereocenters. The van der Waals surface area contributed by atoms with Crippen molar-refractivity contribution in [2.45, 2.75) is 0 Å². The van der Waals surface area contributed by atoms with Gasteiger partial charge in [-0.3, -0.25) is 14.5 Å². The zero-order valence-corrected chi connectivity index (χ0v) is 21.8. The van der Waals surface area contributed by atoms with Gasteiger partial charge in [-0.2, -0.15) is 0 Å². The van der Waals surface area contributed by atoms with Crippen molar-refractivity contribution in [3.05, 3.63) is 100 Å². The Bertz CT molecular complexity index is 1570. The largest absolute Gasteiger partial charge is 0.508 e. The molecule has 0 spiro atoms. The summed E-state index contributed by atoms with van der Waals surface area (Å²) in [7, 11) is 0. The number of carbonyl (C=O) groups excluding carboxylic acids is 2. The molecule has 0 bridgehead atoms. The average Bonchev–Trinajstić information content (AvgIpc) is 2.91. The molecular formula is C28H19Cl2NO9. The van der Waals surface area contributed by atoms with E-state index in [1.165, 1.54) is 78.9 Å². The van der Waals surface area contributed by atoms with E-state index in [4.69, 9.17) is 32.7 Å². The van der Waals surface area contributed by atoms with E-state index in [-0.39, 0.29) is 61.4 Å². The van der Waals surface area contributed by atoms with Crippen LogP contribution in [0.3, 0.4) is 0 Å². The molecule has 0 saturated heterocycles. The van der Waals surface area contributed by atoms with Crippen molar-refractivity contribution >= 4 is 46.7 Å². The normalized spacial score (nSPS) is 10.6. The lowest BCUT2D eigenvalue weighted by Crippen LogP contribution is -2.37. The maximum atomic E-state index is 12.9. The van der Waals surface area contributed by atoms with Crippen LogP contribution in [-0.4, -0.2) is 44.8 Å². The maximum Gasteiger partial charge on any atom is 0.420 e. The van der Waals surface area contributed by atoms with E-state index in [0.29, 0.717) is 0 Å². The molecule has 0 saturated carbocycles. The van der Waals surface area contributed by atoms with Gasteiger partial charge in [-0.05, 0) is 78.9 Å². The van der Waals surface area contributed by atoms with Gasteiger partial charge in [0.2, 0.25) is 0 Å². The van der Waals surface area contributed by atoms with Crippen LogP contribution in [0.25, 0.3) is 0 Å². The van der Waals surface area contributed by atoms with Gasteiger partial charge in [-0.25, -0.2) is 4.79 Å². The molecule has 12 heteroatoms. The van der Waals surface area contributed by atoms with Crippen LogP contribution in [0, 0.1) is 0 Å². The molecule has 204 valence electrons. The Morgan fingerprint density at radius 3 is 1.88 bits per heavy atom. The van der Waals surface area contributed by atoms with Gasteiger partial charge < -0.3 is 29.9 Å². The lowest BCUT2D eigenvalue weighted by Gasteiger charge is -2.22. The monoisotopic (exact) mass is 583 g/mol. The first-order valence-electron chi connectivity index (χ1n) is 11.4. The molecule has 0 heterocycles. The Morgan fingerprint density at radius 2 is 1.30 bits per heavy atom. The molecule has 4 aromatic carbocycles. The summed E-state index contributed by atoms with van der Waals surface area (Å²) in [5.41, 5.74) is 0.113. The van der Waals surface area contributed by atoms with Crippen molar-refractivity contribution in [2.24, 2.45) is 0 Å². The SMILES string of the molecule is O=C(O)CN(C(=O)Oc1ccc(O)cc1)c1cc(Cl)c(Oc2ccc(O)c(C(=O)c3ccc(O)cc3)c2)c(Cl)c1. The van der Waals surface area contributed by atoms with Crippen LogP contribution in [0.15, 0.2) is 78.9 Å². The van der Waals surface area contributed by atoms with Gasteiger partial charge in [-0.15, -0.1) is 0 Å². The smallest absolute Gasteiger partial charge is 0.420 e. The van der Waals surface area contributed by atoms with Crippen LogP contribution in [0.5, 0.6) is 34.5 Å². The number of carboxylic acids is 1. The average molecular weight is 584 g/mol. The highest BCUT2D eigenvalue weighted by Crippen LogP contribution is 2.41. The number of anilines is 1. The summed E-state index contributed by atoms with van der Waals surface area (Å²) in [4.78, 5) is 37.9. The summed E-state index contributed by atoms with van der Waals surface area (Å²) >= 11 is 12.8. The third-order valence-electron chi connectivity index (χ3n) is 5.41. The first kappa shape index (κ1) is 28.1. The highest BCUT2D eigenvalue weighted by molar-refractivity contribution is 6.37. The molecule has 0 radical (unpaired) electrons. The Morgan fingerprint density at radius 1 is 0.750 bits per heavy atom. The van der Waals surface area contributed by atoms with Gasteiger partial charge in [0.15, 0.2) is 11.5 Å². The van der Waals surface area contributed by atoms with Gasteiger partial charge in [0.1, 0.15) is 35.3 Å². The number of phenols is 3. The van der Waals surface area contributed by atoms with E-state index >= 15 is 0 Å². The fourth-order valence-electron chi connectivity index (χ4n) is 3.51. The van der Waals surface area contributed by atoms with E-state index in [1.807, 2.05) is 0 Å². The van der Waals surface area contributed by atoms with Crippen molar-refractivity contribution in [3.63, 3.8) is 0 Å². The van der Waals surface area contributed by atoms with Crippen molar-refractivity contribution in [1.29, 1.82) is 0 Å². The number of hydrogen-bond donors (Lipinski definition) is 4. The highest BCUT2D eigenvalue weighted by atomic mass is 35.5. The Labute approximate surface area is 236 Å². The minimum absolute atomic E-state index is 0.0116. The van der Waals surface area contributed by atoms with Crippen molar-refractivity contribution in [1.82, 2.24) is 0 Å². The summed E-state index contributed by atoms with van der Waals surface area (Å²) < 4.78 is 11.0. The van der Waals surface area contributed by atoms with Crippen LogP contribution < -0.4 is 14.4 Å². The number of aromatic hydroxyl groups is 3. The number of aliphatic carboxylic acids is 1. The van der Waals surface area contributed by atoms with Crippen LogP contribution in [0.1, 0.15) is 15.9 Å². The lowest BCUT2D eigenvalue weighted by molar-refractivity contribution is -0.135. The quantitative estimate of drug-likeness (QED) is 0.177. The Hall–Kier alpha value is -4.93. The van der Waals surface area contributed by atoms with Gasteiger partial charge in [-0.1, -0.05) is 23.2 Å². The maximum absolute atomic E-state index is 12.9. The van der Waals surface area contributed by atoms with E-state index in [9.17, 15) is 34.8 Å². The number of ketones is 1. The first-order chi connectivity index (χ1) is 19.0. The van der Waals surface area contributed by atoms with Gasteiger partial charge in [0.25, 0.3) is 0 Å². The molecule has 0 fully saturated rings. The summed E-state index contributed by atoms with van der Waals surface area (Å²) in [5, 5.41) is 38.2. The highest BCUT2D eigenvalue weighted by Gasteiger charge is 2.24. The number of hydrogen-bond acceptors (Lipinski definition) is 8. The molecule has 4 aromatic rings. The molecule has 4 rings (SSSR count).